The van der Waals surface area contributed by atoms with Crippen LogP contribution in [0, 0.1) is 5.41 Å². The lowest BCUT2D eigenvalue weighted by molar-refractivity contribution is -0.521. The molecule has 0 saturated heterocycles. The summed E-state index contributed by atoms with van der Waals surface area (Å²) in [5.74, 6) is -1.39. The summed E-state index contributed by atoms with van der Waals surface area (Å²) in [5, 5.41) is 0. The molecule has 0 heterocycles. The van der Waals surface area contributed by atoms with Gasteiger partial charge in [0.05, 0.1) is 11.0 Å². The lowest BCUT2D eigenvalue weighted by Crippen LogP contribution is -2.42. The van der Waals surface area contributed by atoms with Crippen LogP contribution in [-0.4, -0.2) is 17.4 Å². The number of carbonyl (C=O) groups excluding carboxylic acids is 1. The Balaban J connectivity index is 2.62. The summed E-state index contributed by atoms with van der Waals surface area (Å²) in [6, 6.07) is 0. The van der Waals surface area contributed by atoms with Crippen molar-refractivity contribution < 1.29 is 24.3 Å². The second kappa shape index (κ2) is 6.41. The van der Waals surface area contributed by atoms with Crippen molar-refractivity contribution in [2.24, 2.45) is 5.41 Å². The van der Waals surface area contributed by atoms with Crippen molar-refractivity contribution >= 4 is 5.97 Å². The highest BCUT2D eigenvalue weighted by molar-refractivity contribution is 5.74. The van der Waals surface area contributed by atoms with Crippen molar-refractivity contribution in [3.05, 3.63) is 0 Å². The largest absolute Gasteiger partial charge is 0.347 e. The van der Waals surface area contributed by atoms with Crippen LogP contribution >= 0.6 is 0 Å². The lowest BCUT2D eigenvalue weighted by Gasteiger charge is -2.35. The summed E-state index contributed by atoms with van der Waals surface area (Å²) in [6.07, 6.45) is 4.35. The van der Waals surface area contributed by atoms with Crippen LogP contribution in [0.1, 0.15) is 73.6 Å². The molecule has 1 aliphatic rings. The molecule has 5 heteroatoms. The quantitative estimate of drug-likeness (QED) is 0.446. The first-order chi connectivity index (χ1) is 9.04. The van der Waals surface area contributed by atoms with E-state index in [0.717, 1.165) is 19.3 Å². The summed E-state index contributed by atoms with van der Waals surface area (Å²) in [5.41, 5.74) is -1.05. The smallest absolute Gasteiger partial charge is 0.295 e. The van der Waals surface area contributed by atoms with Crippen LogP contribution in [0.5, 0.6) is 0 Å². The molecule has 5 nitrogen and oxygen atoms in total. The van der Waals surface area contributed by atoms with Crippen LogP contribution in [0.4, 0.5) is 0 Å². The van der Waals surface area contributed by atoms with Gasteiger partial charge in [-0.25, -0.2) is 9.68 Å². The fraction of sp³-hybridized carbons (Fsp3) is 0.933. The van der Waals surface area contributed by atoms with Gasteiger partial charge in [-0.3, -0.25) is 4.89 Å². The maximum atomic E-state index is 11.8. The summed E-state index contributed by atoms with van der Waals surface area (Å²) in [7, 11) is 0. The third kappa shape index (κ3) is 5.77. The van der Waals surface area contributed by atoms with Crippen molar-refractivity contribution in [2.75, 3.05) is 0 Å². The molecule has 0 aromatic carbocycles. The van der Waals surface area contributed by atoms with Gasteiger partial charge in [-0.15, -0.1) is 4.89 Å². The minimum atomic E-state index is -0.980. The zero-order valence-electron chi connectivity index (χ0n) is 13.6. The first-order valence-electron chi connectivity index (χ1n) is 7.31. The third-order valence-corrected chi connectivity index (χ3v) is 2.94. The van der Waals surface area contributed by atoms with Crippen molar-refractivity contribution in [3.8, 4) is 0 Å². The first kappa shape index (κ1) is 17.4. The Bertz CT molecular complexity index is 318. The zero-order valence-corrected chi connectivity index (χ0v) is 13.6. The van der Waals surface area contributed by atoms with E-state index in [-0.39, 0.29) is 0 Å². The van der Waals surface area contributed by atoms with E-state index < -0.39 is 22.8 Å². The standard InChI is InChI=1S/C15H28O5/c1-13(2,3)12(16)17-19-15(10-8-7-9-11-15)20-18-14(4,5)6/h7-11H2,1-6H3. The molecule has 0 N–H and O–H groups in total. The van der Waals surface area contributed by atoms with E-state index in [1.807, 2.05) is 20.8 Å². The topological polar surface area (TPSA) is 54.0 Å². The van der Waals surface area contributed by atoms with Gasteiger partial charge in [0.25, 0.3) is 0 Å². The molecule has 118 valence electrons. The molecule has 1 fully saturated rings. The van der Waals surface area contributed by atoms with Gasteiger partial charge in [0, 0.05) is 12.8 Å². The molecule has 1 rings (SSSR count). The van der Waals surface area contributed by atoms with E-state index in [2.05, 4.69) is 0 Å². The van der Waals surface area contributed by atoms with Gasteiger partial charge >= 0.3 is 5.97 Å². The fourth-order valence-corrected chi connectivity index (χ4v) is 1.71. The SMILES string of the molecule is CC(C)(C)OOC1(OOC(=O)C(C)(C)C)CCCCC1. The molecule has 20 heavy (non-hydrogen) atoms. The maximum Gasteiger partial charge on any atom is 0.347 e. The van der Waals surface area contributed by atoms with Crippen LogP contribution in [0.25, 0.3) is 0 Å². The predicted octanol–water partition coefficient (Wildman–Crippen LogP) is 3.91. The summed E-state index contributed by atoms with van der Waals surface area (Å²) >= 11 is 0. The van der Waals surface area contributed by atoms with Crippen LogP contribution in [0.15, 0.2) is 0 Å². The van der Waals surface area contributed by atoms with Gasteiger partial charge in [0.2, 0.25) is 5.79 Å². The molecule has 0 aromatic heterocycles. The minimum Gasteiger partial charge on any atom is -0.295 e. The molecule has 0 bridgehead atoms. The molecule has 1 aliphatic carbocycles. The second-order valence-electron chi connectivity index (χ2n) is 7.45. The number of hydrogen-bond donors (Lipinski definition) is 0. The Hall–Kier alpha value is -0.650. The molecule has 0 aromatic rings. The molecule has 0 radical (unpaired) electrons. The Morgan fingerprint density at radius 1 is 0.900 bits per heavy atom. The molecule has 0 aliphatic heterocycles. The van der Waals surface area contributed by atoms with Gasteiger partial charge in [0.15, 0.2) is 0 Å². The summed E-state index contributed by atoms with van der Waals surface area (Å²) < 4.78 is 0. The first-order valence-corrected chi connectivity index (χ1v) is 7.31. The molecule has 0 atom stereocenters. The van der Waals surface area contributed by atoms with E-state index in [1.54, 1.807) is 20.8 Å². The predicted molar refractivity (Wildman–Crippen MR) is 74.4 cm³/mol. The number of carbonyl (C=O) groups is 1. The average Bonchev–Trinajstić information content (AvgIpc) is 2.33. The van der Waals surface area contributed by atoms with Crippen molar-refractivity contribution in [1.82, 2.24) is 0 Å². The van der Waals surface area contributed by atoms with E-state index in [0.29, 0.717) is 12.8 Å². The monoisotopic (exact) mass is 288 g/mol. The van der Waals surface area contributed by atoms with Crippen molar-refractivity contribution in [1.29, 1.82) is 0 Å². The van der Waals surface area contributed by atoms with Gasteiger partial charge < -0.3 is 0 Å². The van der Waals surface area contributed by atoms with E-state index >= 15 is 0 Å². The van der Waals surface area contributed by atoms with Crippen LogP contribution in [0.2, 0.25) is 0 Å². The summed E-state index contributed by atoms with van der Waals surface area (Å²) in [6.45, 7) is 11.0. The zero-order chi connectivity index (χ0) is 15.4. The highest BCUT2D eigenvalue weighted by Gasteiger charge is 2.40. The normalized spacial score (nSPS) is 19.7. The fourth-order valence-electron chi connectivity index (χ4n) is 1.71. The van der Waals surface area contributed by atoms with Crippen molar-refractivity contribution in [2.45, 2.75) is 85.0 Å². The Kier molecular flexibility index (Phi) is 5.58. The minimum absolute atomic E-state index is 0.415. The van der Waals surface area contributed by atoms with E-state index in [9.17, 15) is 4.79 Å². The summed E-state index contributed by atoms with van der Waals surface area (Å²) in [4.78, 5) is 33.0. The lowest BCUT2D eigenvalue weighted by atomic mass is 9.94. The van der Waals surface area contributed by atoms with E-state index in [4.69, 9.17) is 19.6 Å². The second-order valence-corrected chi connectivity index (χ2v) is 7.45. The Morgan fingerprint density at radius 3 is 1.90 bits per heavy atom. The van der Waals surface area contributed by atoms with E-state index in [1.165, 1.54) is 0 Å². The molecule has 0 unspecified atom stereocenters. The highest BCUT2D eigenvalue weighted by Crippen LogP contribution is 2.35. The van der Waals surface area contributed by atoms with Gasteiger partial charge in [-0.1, -0.05) is 6.42 Å². The maximum absolute atomic E-state index is 11.8. The molecular formula is C15H28O5. The van der Waals surface area contributed by atoms with Gasteiger partial charge in [-0.2, -0.15) is 4.89 Å². The number of rotatable bonds is 4. The molecule has 1 saturated carbocycles. The van der Waals surface area contributed by atoms with Gasteiger partial charge in [-0.05, 0) is 54.4 Å². The number of hydrogen-bond acceptors (Lipinski definition) is 5. The van der Waals surface area contributed by atoms with Crippen LogP contribution in [0.3, 0.4) is 0 Å². The van der Waals surface area contributed by atoms with Crippen molar-refractivity contribution in [3.63, 3.8) is 0 Å². The average molecular weight is 288 g/mol. The molecule has 0 amide bonds. The Labute approximate surface area is 121 Å². The van der Waals surface area contributed by atoms with Crippen LogP contribution < -0.4 is 0 Å². The molecule has 0 spiro atoms. The Morgan fingerprint density at radius 2 is 1.45 bits per heavy atom. The van der Waals surface area contributed by atoms with Crippen LogP contribution in [-0.2, 0) is 24.3 Å². The third-order valence-electron chi connectivity index (χ3n) is 2.94. The highest BCUT2D eigenvalue weighted by atomic mass is 17.3. The van der Waals surface area contributed by atoms with Gasteiger partial charge in [0.1, 0.15) is 0 Å². The molecular weight excluding hydrogens is 260 g/mol.